The summed E-state index contributed by atoms with van der Waals surface area (Å²) in [5.41, 5.74) is -1.00. The molecule has 2 rings (SSSR count). The molecule has 0 bridgehead atoms. The number of carboxylic acid groups (broad SMARTS) is 1. The summed E-state index contributed by atoms with van der Waals surface area (Å²) < 4.78 is 15.0. The minimum absolute atomic E-state index is 0.352. The largest absolute Gasteiger partial charge is 0.503 e. The van der Waals surface area contributed by atoms with Crippen molar-refractivity contribution in [1.82, 2.24) is 4.57 Å². The molecule has 0 fully saturated rings. The highest BCUT2D eigenvalue weighted by atomic mass is 35.5. The quantitative estimate of drug-likeness (QED) is 0.777. The van der Waals surface area contributed by atoms with Crippen molar-refractivity contribution in [3.05, 3.63) is 62.8 Å². The van der Waals surface area contributed by atoms with Crippen LogP contribution < -0.4 is 5.43 Å². The van der Waals surface area contributed by atoms with E-state index in [1.165, 1.54) is 40.9 Å². The average Bonchev–Trinajstić information content (AvgIpc) is 2.49. The Morgan fingerprint density at radius 1 is 1.35 bits per heavy atom. The number of aromatic nitrogens is 1. The van der Waals surface area contributed by atoms with Crippen molar-refractivity contribution in [1.29, 1.82) is 0 Å². The molecular formula is C15H13ClFNO4S. The topological polar surface area (TPSA) is 79.5 Å². The Morgan fingerprint density at radius 2 is 2.09 bits per heavy atom. The third-order valence-corrected chi connectivity index (χ3v) is 4.41. The maximum absolute atomic E-state index is 13.6. The van der Waals surface area contributed by atoms with Crippen LogP contribution in [0.1, 0.15) is 15.9 Å². The molecule has 122 valence electrons. The molecular weight excluding hydrogens is 345 g/mol. The van der Waals surface area contributed by atoms with Crippen LogP contribution >= 0.6 is 23.4 Å². The number of rotatable bonds is 6. The molecule has 0 amide bonds. The highest BCUT2D eigenvalue weighted by Crippen LogP contribution is 2.24. The molecule has 0 aliphatic carbocycles. The van der Waals surface area contributed by atoms with Crippen LogP contribution in [-0.2, 0) is 12.3 Å². The summed E-state index contributed by atoms with van der Waals surface area (Å²) in [6, 6.07) is 4.47. The standard InChI is InChI=1S/C15H13ClFNO4S/c16-11-2-1-3-12(17)10(11)8-23-5-4-18-6-9(15(21)22)14(20)13(19)7-18/h1-3,6-7,19H,4-5,8H2,(H,21,22). The fourth-order valence-corrected chi connectivity index (χ4v) is 3.20. The van der Waals surface area contributed by atoms with Gasteiger partial charge in [-0.15, -0.1) is 0 Å². The van der Waals surface area contributed by atoms with E-state index in [0.29, 0.717) is 28.6 Å². The van der Waals surface area contributed by atoms with Gasteiger partial charge >= 0.3 is 5.97 Å². The maximum Gasteiger partial charge on any atom is 0.341 e. The van der Waals surface area contributed by atoms with Gasteiger partial charge in [0.1, 0.15) is 11.4 Å². The molecule has 1 aromatic heterocycles. The fraction of sp³-hybridized carbons (Fsp3) is 0.200. The van der Waals surface area contributed by atoms with Gasteiger partial charge in [0.2, 0.25) is 5.43 Å². The van der Waals surface area contributed by atoms with E-state index in [4.69, 9.17) is 16.7 Å². The Morgan fingerprint density at radius 3 is 2.74 bits per heavy atom. The van der Waals surface area contributed by atoms with Crippen LogP contribution in [-0.4, -0.2) is 26.5 Å². The van der Waals surface area contributed by atoms with Crippen LogP contribution in [0.4, 0.5) is 4.39 Å². The monoisotopic (exact) mass is 357 g/mol. The molecule has 8 heteroatoms. The van der Waals surface area contributed by atoms with Crippen molar-refractivity contribution in [2.75, 3.05) is 5.75 Å². The molecule has 0 aliphatic heterocycles. The summed E-state index contributed by atoms with van der Waals surface area (Å²) in [5, 5.41) is 18.7. The molecule has 0 saturated carbocycles. The number of carbonyl (C=O) groups is 1. The number of pyridine rings is 1. The Labute approximate surface area is 140 Å². The summed E-state index contributed by atoms with van der Waals surface area (Å²) in [6.45, 7) is 0.352. The van der Waals surface area contributed by atoms with Crippen LogP contribution in [0, 0.1) is 5.82 Å². The van der Waals surface area contributed by atoms with Gasteiger partial charge in [-0.05, 0) is 12.1 Å². The Bertz CT molecular complexity index is 773. The van der Waals surface area contributed by atoms with Crippen molar-refractivity contribution in [2.24, 2.45) is 0 Å². The molecule has 5 nitrogen and oxygen atoms in total. The average molecular weight is 358 g/mol. The molecule has 0 unspecified atom stereocenters. The first-order valence-electron chi connectivity index (χ1n) is 6.57. The lowest BCUT2D eigenvalue weighted by Crippen LogP contribution is -2.17. The zero-order chi connectivity index (χ0) is 17.0. The number of aryl methyl sites for hydroxylation is 1. The first-order chi connectivity index (χ1) is 10.9. The van der Waals surface area contributed by atoms with Crippen LogP contribution in [0.5, 0.6) is 5.75 Å². The van der Waals surface area contributed by atoms with E-state index in [0.717, 1.165) is 0 Å². The molecule has 23 heavy (non-hydrogen) atoms. The first kappa shape index (κ1) is 17.4. The van der Waals surface area contributed by atoms with Crippen molar-refractivity contribution >= 4 is 29.3 Å². The molecule has 0 saturated heterocycles. The van der Waals surface area contributed by atoms with Gasteiger partial charge in [-0.25, -0.2) is 9.18 Å². The number of aromatic carboxylic acids is 1. The molecule has 0 atom stereocenters. The van der Waals surface area contributed by atoms with Gasteiger partial charge in [-0.1, -0.05) is 17.7 Å². The number of thioether (sulfide) groups is 1. The lowest BCUT2D eigenvalue weighted by molar-refractivity contribution is 0.0694. The number of carboxylic acids is 1. The zero-order valence-corrected chi connectivity index (χ0v) is 13.4. The van der Waals surface area contributed by atoms with Gasteiger partial charge in [-0.3, -0.25) is 4.79 Å². The number of aromatic hydroxyl groups is 1. The number of benzene rings is 1. The van der Waals surface area contributed by atoms with E-state index < -0.39 is 22.7 Å². The van der Waals surface area contributed by atoms with Crippen LogP contribution in [0.3, 0.4) is 0 Å². The number of hydrogen-bond acceptors (Lipinski definition) is 4. The van der Waals surface area contributed by atoms with Gasteiger partial charge in [0.05, 0.1) is 0 Å². The van der Waals surface area contributed by atoms with Gasteiger partial charge < -0.3 is 14.8 Å². The number of hydrogen-bond donors (Lipinski definition) is 2. The van der Waals surface area contributed by atoms with Crippen molar-refractivity contribution < 1.29 is 19.4 Å². The number of nitrogens with zero attached hydrogens (tertiary/aromatic N) is 1. The second kappa shape index (κ2) is 7.52. The maximum atomic E-state index is 13.6. The van der Waals surface area contributed by atoms with E-state index in [1.54, 1.807) is 6.07 Å². The molecule has 0 spiro atoms. The van der Waals surface area contributed by atoms with Gasteiger partial charge in [0.25, 0.3) is 0 Å². The summed E-state index contributed by atoms with van der Waals surface area (Å²) in [6.07, 6.45) is 2.34. The smallest absolute Gasteiger partial charge is 0.341 e. The Kier molecular flexibility index (Phi) is 5.68. The molecule has 2 aromatic rings. The third kappa shape index (κ3) is 4.27. The van der Waals surface area contributed by atoms with E-state index in [2.05, 4.69) is 0 Å². The minimum atomic E-state index is -1.40. The highest BCUT2D eigenvalue weighted by molar-refractivity contribution is 7.98. The lowest BCUT2D eigenvalue weighted by atomic mass is 10.2. The highest BCUT2D eigenvalue weighted by Gasteiger charge is 2.13. The van der Waals surface area contributed by atoms with Crippen molar-refractivity contribution in [3.63, 3.8) is 0 Å². The lowest BCUT2D eigenvalue weighted by Gasteiger charge is -2.09. The SMILES string of the molecule is O=C(O)c1cn(CCSCc2c(F)cccc2Cl)cc(O)c1=O. The van der Waals surface area contributed by atoms with Gasteiger partial charge in [0, 0.05) is 41.0 Å². The predicted molar refractivity (Wildman–Crippen MR) is 86.9 cm³/mol. The van der Waals surface area contributed by atoms with Gasteiger partial charge in [-0.2, -0.15) is 11.8 Å². The second-order valence-electron chi connectivity index (χ2n) is 4.68. The molecule has 0 aliphatic rings. The summed E-state index contributed by atoms with van der Waals surface area (Å²) in [7, 11) is 0. The van der Waals surface area contributed by atoms with E-state index in [1.807, 2.05) is 0 Å². The van der Waals surface area contributed by atoms with E-state index in [9.17, 15) is 19.1 Å². The summed E-state index contributed by atoms with van der Waals surface area (Å²) >= 11 is 7.33. The minimum Gasteiger partial charge on any atom is -0.503 e. The van der Waals surface area contributed by atoms with Gasteiger partial charge in [0.15, 0.2) is 5.75 Å². The fourth-order valence-electron chi connectivity index (χ4n) is 1.91. The van der Waals surface area contributed by atoms with Crippen molar-refractivity contribution in [3.8, 4) is 5.75 Å². The number of halogens is 2. The van der Waals surface area contributed by atoms with Crippen LogP contribution in [0.25, 0.3) is 0 Å². The van der Waals surface area contributed by atoms with E-state index in [-0.39, 0.29) is 5.82 Å². The van der Waals surface area contributed by atoms with Crippen LogP contribution in [0.2, 0.25) is 5.02 Å². The van der Waals surface area contributed by atoms with E-state index >= 15 is 0 Å². The molecule has 0 radical (unpaired) electrons. The predicted octanol–water partition coefficient (Wildman–Crippen LogP) is 2.98. The summed E-state index contributed by atoms with van der Waals surface area (Å²) in [5.74, 6) is -1.51. The summed E-state index contributed by atoms with van der Waals surface area (Å²) in [4.78, 5) is 22.4. The zero-order valence-electron chi connectivity index (χ0n) is 11.8. The normalized spacial score (nSPS) is 10.7. The molecule has 1 heterocycles. The van der Waals surface area contributed by atoms with Crippen LogP contribution in [0.15, 0.2) is 35.4 Å². The molecule has 2 N–H and O–H groups in total. The second-order valence-corrected chi connectivity index (χ2v) is 6.19. The Hall–Kier alpha value is -1.99. The van der Waals surface area contributed by atoms with Crippen molar-refractivity contribution in [2.45, 2.75) is 12.3 Å². The third-order valence-electron chi connectivity index (χ3n) is 3.09. The Balaban J connectivity index is 2.00. The molecule has 1 aromatic carbocycles. The first-order valence-corrected chi connectivity index (χ1v) is 8.10.